The van der Waals surface area contributed by atoms with Crippen LogP contribution in [0.2, 0.25) is 0 Å². The number of nitrogens with zero attached hydrogens (tertiary/aromatic N) is 1. The van der Waals surface area contributed by atoms with Gasteiger partial charge in [0.15, 0.2) is 0 Å². The lowest BCUT2D eigenvalue weighted by molar-refractivity contribution is -0.115. The molecular weight excluding hydrogens is 336 g/mol. The van der Waals surface area contributed by atoms with Gasteiger partial charge in [-0.15, -0.1) is 0 Å². The van der Waals surface area contributed by atoms with Crippen LogP contribution < -0.4 is 5.32 Å². The van der Waals surface area contributed by atoms with Crippen molar-refractivity contribution in [3.63, 3.8) is 0 Å². The third kappa shape index (κ3) is 4.46. The first kappa shape index (κ1) is 17.6. The first-order chi connectivity index (χ1) is 12.1. The molecule has 0 atom stereocenters. The van der Waals surface area contributed by atoms with Gasteiger partial charge in [-0.25, -0.2) is 8.42 Å². The zero-order valence-electron chi connectivity index (χ0n) is 14.0. The highest BCUT2D eigenvalue weighted by atomic mass is 32.2. The second kappa shape index (κ2) is 7.80. The minimum Gasteiger partial charge on any atom is -0.326 e. The van der Waals surface area contributed by atoms with Crippen molar-refractivity contribution in [2.75, 3.05) is 18.4 Å². The monoisotopic (exact) mass is 358 g/mol. The molecule has 1 amide bonds. The number of carbonyl (C=O) groups excluding carboxylic acids is 1. The fourth-order valence-corrected chi connectivity index (χ4v) is 4.54. The maximum atomic E-state index is 12.7. The van der Waals surface area contributed by atoms with Crippen molar-refractivity contribution in [1.82, 2.24) is 4.31 Å². The molecule has 0 aromatic heterocycles. The van der Waals surface area contributed by atoms with Gasteiger partial charge >= 0.3 is 0 Å². The zero-order chi connectivity index (χ0) is 17.7. The summed E-state index contributed by atoms with van der Waals surface area (Å²) in [7, 11) is -3.50. The second-order valence-electron chi connectivity index (χ2n) is 6.20. The largest absolute Gasteiger partial charge is 0.326 e. The molecule has 25 heavy (non-hydrogen) atoms. The predicted molar refractivity (Wildman–Crippen MR) is 97.8 cm³/mol. The molecule has 2 aromatic rings. The minimum atomic E-state index is -3.50. The summed E-state index contributed by atoms with van der Waals surface area (Å²) in [4.78, 5) is 12.4. The Balaban J connectivity index is 1.71. The van der Waals surface area contributed by atoms with Crippen LogP contribution >= 0.6 is 0 Å². The number of amides is 1. The van der Waals surface area contributed by atoms with Gasteiger partial charge in [0.2, 0.25) is 15.9 Å². The summed E-state index contributed by atoms with van der Waals surface area (Å²) in [6, 6.07) is 15.9. The fourth-order valence-electron chi connectivity index (χ4n) is 2.98. The molecule has 0 bridgehead atoms. The smallest absolute Gasteiger partial charge is 0.243 e. The molecule has 1 heterocycles. The number of benzene rings is 2. The van der Waals surface area contributed by atoms with Gasteiger partial charge in [0.25, 0.3) is 0 Å². The number of nitrogens with one attached hydrogen (secondary N) is 1. The lowest BCUT2D eigenvalue weighted by Crippen LogP contribution is -2.35. The average molecular weight is 358 g/mol. The molecule has 0 radical (unpaired) electrons. The normalized spacial score (nSPS) is 15.7. The number of hydrogen-bond acceptors (Lipinski definition) is 3. The molecule has 1 N–H and O–H groups in total. The molecule has 2 aromatic carbocycles. The summed E-state index contributed by atoms with van der Waals surface area (Å²) < 4.78 is 27.0. The number of carbonyl (C=O) groups is 1. The van der Waals surface area contributed by atoms with Crippen LogP contribution in [0.15, 0.2) is 59.5 Å². The van der Waals surface area contributed by atoms with Crippen LogP contribution in [-0.4, -0.2) is 31.7 Å². The summed E-state index contributed by atoms with van der Waals surface area (Å²) in [5.41, 5.74) is 1.41. The van der Waals surface area contributed by atoms with Gasteiger partial charge in [0, 0.05) is 18.8 Å². The molecule has 3 rings (SSSR count). The lowest BCUT2D eigenvalue weighted by Gasteiger charge is -2.26. The lowest BCUT2D eigenvalue weighted by atomic mass is 10.1. The van der Waals surface area contributed by atoms with E-state index in [-0.39, 0.29) is 17.2 Å². The Morgan fingerprint density at radius 1 is 0.960 bits per heavy atom. The number of rotatable bonds is 5. The molecule has 0 unspecified atom stereocenters. The Labute approximate surface area is 148 Å². The van der Waals surface area contributed by atoms with Crippen LogP contribution in [0.4, 0.5) is 5.69 Å². The molecule has 0 saturated carbocycles. The first-order valence-electron chi connectivity index (χ1n) is 8.50. The van der Waals surface area contributed by atoms with E-state index in [9.17, 15) is 13.2 Å². The highest BCUT2D eigenvalue weighted by molar-refractivity contribution is 7.89. The van der Waals surface area contributed by atoms with Crippen LogP contribution in [-0.2, 0) is 21.2 Å². The number of sulfonamides is 1. The van der Waals surface area contributed by atoms with Crippen LogP contribution in [0.1, 0.15) is 24.8 Å². The summed E-state index contributed by atoms with van der Waals surface area (Å²) in [6.07, 6.45) is 3.12. The van der Waals surface area contributed by atoms with Crippen molar-refractivity contribution in [3.8, 4) is 0 Å². The van der Waals surface area contributed by atoms with Crippen LogP contribution in [0.5, 0.6) is 0 Å². The maximum Gasteiger partial charge on any atom is 0.243 e. The highest BCUT2D eigenvalue weighted by Crippen LogP contribution is 2.23. The topological polar surface area (TPSA) is 66.5 Å². The number of anilines is 1. The Hall–Kier alpha value is -2.18. The van der Waals surface area contributed by atoms with E-state index >= 15 is 0 Å². The van der Waals surface area contributed by atoms with Gasteiger partial charge in [0.1, 0.15) is 0 Å². The molecule has 1 fully saturated rings. The van der Waals surface area contributed by atoms with Gasteiger partial charge in [0.05, 0.1) is 11.3 Å². The summed E-state index contributed by atoms with van der Waals surface area (Å²) in [5, 5.41) is 2.78. The van der Waals surface area contributed by atoms with Crippen LogP contribution in [0, 0.1) is 0 Å². The zero-order valence-corrected chi connectivity index (χ0v) is 14.8. The maximum absolute atomic E-state index is 12.7. The Kier molecular flexibility index (Phi) is 5.50. The third-order valence-electron chi connectivity index (χ3n) is 4.28. The summed E-state index contributed by atoms with van der Waals surface area (Å²) in [6.45, 7) is 1.12. The number of piperidine rings is 1. The van der Waals surface area contributed by atoms with Gasteiger partial charge in [-0.3, -0.25) is 4.79 Å². The van der Waals surface area contributed by atoms with E-state index in [1.807, 2.05) is 30.3 Å². The van der Waals surface area contributed by atoms with Gasteiger partial charge < -0.3 is 5.32 Å². The minimum absolute atomic E-state index is 0.168. The Morgan fingerprint density at radius 2 is 1.68 bits per heavy atom. The van der Waals surface area contributed by atoms with Crippen molar-refractivity contribution in [2.24, 2.45) is 0 Å². The molecule has 0 spiro atoms. The van der Waals surface area contributed by atoms with Crippen molar-refractivity contribution < 1.29 is 13.2 Å². The molecule has 1 saturated heterocycles. The fraction of sp³-hybridized carbons (Fsp3) is 0.316. The van der Waals surface area contributed by atoms with Crippen molar-refractivity contribution >= 4 is 21.6 Å². The van der Waals surface area contributed by atoms with Gasteiger partial charge in [-0.2, -0.15) is 4.31 Å². The summed E-state index contributed by atoms with van der Waals surface area (Å²) in [5.74, 6) is -0.168. The van der Waals surface area contributed by atoms with Crippen molar-refractivity contribution in [3.05, 3.63) is 60.2 Å². The molecule has 1 aliphatic rings. The molecule has 5 nitrogen and oxygen atoms in total. The highest BCUT2D eigenvalue weighted by Gasteiger charge is 2.26. The molecule has 0 aliphatic carbocycles. The second-order valence-corrected chi connectivity index (χ2v) is 8.14. The van der Waals surface area contributed by atoms with Gasteiger partial charge in [-0.1, -0.05) is 42.8 Å². The SMILES string of the molecule is O=C(Cc1ccccc1)Nc1cccc(S(=O)(=O)N2CCCCC2)c1. The Morgan fingerprint density at radius 3 is 2.40 bits per heavy atom. The molecule has 1 aliphatic heterocycles. The van der Waals surface area contributed by atoms with E-state index in [4.69, 9.17) is 0 Å². The quantitative estimate of drug-likeness (QED) is 0.893. The standard InChI is InChI=1S/C19H22N2O3S/c22-19(14-16-8-3-1-4-9-16)20-17-10-7-11-18(15-17)25(23,24)21-12-5-2-6-13-21/h1,3-4,7-11,15H,2,5-6,12-14H2,(H,20,22). The van der Waals surface area contributed by atoms with E-state index in [2.05, 4.69) is 5.32 Å². The molecular formula is C19H22N2O3S. The Bertz CT molecular complexity index is 829. The molecule has 6 heteroatoms. The van der Waals surface area contributed by atoms with E-state index < -0.39 is 10.0 Å². The average Bonchev–Trinajstić information content (AvgIpc) is 2.63. The van der Waals surface area contributed by atoms with E-state index in [0.29, 0.717) is 18.8 Å². The van der Waals surface area contributed by atoms with Crippen LogP contribution in [0.25, 0.3) is 0 Å². The predicted octanol–water partition coefficient (Wildman–Crippen LogP) is 3.04. The van der Waals surface area contributed by atoms with E-state index in [1.54, 1.807) is 18.2 Å². The van der Waals surface area contributed by atoms with E-state index in [1.165, 1.54) is 10.4 Å². The molecule has 132 valence electrons. The third-order valence-corrected chi connectivity index (χ3v) is 6.17. The van der Waals surface area contributed by atoms with Crippen molar-refractivity contribution in [1.29, 1.82) is 0 Å². The number of hydrogen-bond donors (Lipinski definition) is 1. The van der Waals surface area contributed by atoms with E-state index in [0.717, 1.165) is 24.8 Å². The first-order valence-corrected chi connectivity index (χ1v) is 9.94. The summed E-state index contributed by atoms with van der Waals surface area (Å²) >= 11 is 0. The van der Waals surface area contributed by atoms with Gasteiger partial charge in [-0.05, 0) is 36.6 Å². The van der Waals surface area contributed by atoms with Crippen LogP contribution in [0.3, 0.4) is 0 Å². The van der Waals surface area contributed by atoms with Crippen molar-refractivity contribution in [2.45, 2.75) is 30.6 Å².